The van der Waals surface area contributed by atoms with E-state index in [1.807, 2.05) is 30.3 Å². The molecule has 1 amide bonds. The van der Waals surface area contributed by atoms with Crippen molar-refractivity contribution in [3.63, 3.8) is 0 Å². The molecule has 2 aromatic rings. The van der Waals surface area contributed by atoms with Gasteiger partial charge in [-0.1, -0.05) is 54.1 Å². The van der Waals surface area contributed by atoms with E-state index in [1.165, 1.54) is 5.56 Å². The largest absolute Gasteiger partial charge is 0.496 e. The number of para-hydroxylation sites is 1. The van der Waals surface area contributed by atoms with Crippen LogP contribution in [0.4, 0.5) is 0 Å². The third-order valence-electron chi connectivity index (χ3n) is 2.93. The second-order valence-corrected chi connectivity index (χ2v) is 4.69. The lowest BCUT2D eigenvalue weighted by Gasteiger charge is -2.07. The van der Waals surface area contributed by atoms with Crippen LogP contribution in [0.2, 0.25) is 0 Å². The molecule has 0 bridgehead atoms. The summed E-state index contributed by atoms with van der Waals surface area (Å²) in [6.07, 6.45) is 2.53. The number of carbonyl (C=O) groups is 1. The minimum absolute atomic E-state index is 0.116. The molecule has 3 nitrogen and oxygen atoms in total. The van der Waals surface area contributed by atoms with Crippen LogP contribution in [0.15, 0.2) is 67.3 Å². The molecular weight excluding hydrogens is 274 g/mol. The Labute approximate surface area is 132 Å². The van der Waals surface area contributed by atoms with Crippen molar-refractivity contribution in [3.05, 3.63) is 78.4 Å². The van der Waals surface area contributed by atoms with Crippen molar-refractivity contribution in [1.82, 2.24) is 5.32 Å². The number of benzene rings is 2. The maximum absolute atomic E-state index is 11.7. The molecule has 0 saturated carbocycles. The molecule has 0 saturated heterocycles. The average Bonchev–Trinajstić information content (AvgIpc) is 2.56. The van der Waals surface area contributed by atoms with Gasteiger partial charge in [-0.25, -0.2) is 0 Å². The molecule has 0 atom stereocenters. The molecule has 0 aliphatic heterocycles. The molecule has 2 rings (SSSR count). The Hall–Kier alpha value is -2.55. The zero-order chi connectivity index (χ0) is 16.2. The van der Waals surface area contributed by atoms with Crippen LogP contribution in [0.1, 0.15) is 22.3 Å². The molecular formula is C19H23NO2. The van der Waals surface area contributed by atoms with Crippen molar-refractivity contribution < 1.29 is 9.53 Å². The number of amides is 1. The van der Waals surface area contributed by atoms with Crippen LogP contribution in [0, 0.1) is 6.92 Å². The van der Waals surface area contributed by atoms with Gasteiger partial charge in [0, 0.05) is 6.54 Å². The summed E-state index contributed by atoms with van der Waals surface area (Å²) >= 11 is 0. The number of methoxy groups -OCH3 is 1. The zero-order valence-corrected chi connectivity index (χ0v) is 13.2. The fourth-order valence-electron chi connectivity index (χ4n) is 1.75. The van der Waals surface area contributed by atoms with Gasteiger partial charge in [0.15, 0.2) is 0 Å². The predicted molar refractivity (Wildman–Crippen MR) is 91.3 cm³/mol. The molecule has 1 N–H and O–H groups in total. The molecule has 0 radical (unpaired) electrons. The SMILES string of the molecule is C=CCCNC(=O)c1ccccc1OC.Cc1ccccc1. The van der Waals surface area contributed by atoms with Gasteiger partial charge < -0.3 is 10.1 Å². The van der Waals surface area contributed by atoms with E-state index in [0.29, 0.717) is 17.9 Å². The Bertz CT molecular complexity index is 579. The number of aryl methyl sites for hydroxylation is 1. The van der Waals surface area contributed by atoms with E-state index in [4.69, 9.17) is 4.74 Å². The van der Waals surface area contributed by atoms with Crippen molar-refractivity contribution in [3.8, 4) is 5.75 Å². The van der Waals surface area contributed by atoms with Gasteiger partial charge in [-0.2, -0.15) is 0 Å². The monoisotopic (exact) mass is 297 g/mol. The Balaban J connectivity index is 0.000000287. The van der Waals surface area contributed by atoms with Gasteiger partial charge in [0.25, 0.3) is 5.91 Å². The first kappa shape index (κ1) is 17.5. The van der Waals surface area contributed by atoms with Gasteiger partial charge in [0.05, 0.1) is 12.7 Å². The lowest BCUT2D eigenvalue weighted by molar-refractivity contribution is 0.0951. The van der Waals surface area contributed by atoms with Crippen LogP contribution in [-0.2, 0) is 0 Å². The summed E-state index contributed by atoms with van der Waals surface area (Å²) in [7, 11) is 1.55. The van der Waals surface area contributed by atoms with Crippen LogP contribution >= 0.6 is 0 Å². The highest BCUT2D eigenvalue weighted by Crippen LogP contribution is 2.16. The molecule has 0 aliphatic carbocycles. The Morgan fingerprint density at radius 3 is 2.32 bits per heavy atom. The van der Waals surface area contributed by atoms with Gasteiger partial charge in [-0.3, -0.25) is 4.79 Å². The molecule has 0 aromatic heterocycles. The van der Waals surface area contributed by atoms with Crippen molar-refractivity contribution in [1.29, 1.82) is 0 Å². The topological polar surface area (TPSA) is 38.3 Å². The summed E-state index contributed by atoms with van der Waals surface area (Å²) in [5.74, 6) is 0.475. The van der Waals surface area contributed by atoms with Crippen LogP contribution < -0.4 is 10.1 Å². The summed E-state index contributed by atoms with van der Waals surface area (Å²) in [5.41, 5.74) is 1.88. The maximum atomic E-state index is 11.7. The minimum Gasteiger partial charge on any atom is -0.496 e. The van der Waals surface area contributed by atoms with Gasteiger partial charge in [-0.15, -0.1) is 6.58 Å². The predicted octanol–water partition coefficient (Wildman–Crippen LogP) is 4.00. The Morgan fingerprint density at radius 2 is 1.77 bits per heavy atom. The summed E-state index contributed by atoms with van der Waals surface area (Å²) in [6.45, 7) is 6.27. The average molecular weight is 297 g/mol. The smallest absolute Gasteiger partial charge is 0.255 e. The first-order valence-corrected chi connectivity index (χ1v) is 7.22. The molecule has 116 valence electrons. The van der Waals surface area contributed by atoms with E-state index in [-0.39, 0.29) is 5.91 Å². The summed E-state index contributed by atoms with van der Waals surface area (Å²) in [4.78, 5) is 11.7. The third kappa shape index (κ3) is 6.27. The van der Waals surface area contributed by atoms with Crippen LogP contribution in [0.3, 0.4) is 0 Å². The van der Waals surface area contributed by atoms with E-state index < -0.39 is 0 Å². The Kier molecular flexibility index (Phi) is 8.13. The number of hydrogen-bond acceptors (Lipinski definition) is 2. The molecule has 0 unspecified atom stereocenters. The maximum Gasteiger partial charge on any atom is 0.255 e. The number of nitrogens with one attached hydrogen (secondary N) is 1. The fraction of sp³-hybridized carbons (Fsp3) is 0.211. The summed E-state index contributed by atoms with van der Waals surface area (Å²) < 4.78 is 5.09. The first-order valence-electron chi connectivity index (χ1n) is 7.22. The van der Waals surface area contributed by atoms with Gasteiger partial charge in [0.1, 0.15) is 5.75 Å². The van der Waals surface area contributed by atoms with Crippen LogP contribution in [-0.4, -0.2) is 19.6 Å². The van der Waals surface area contributed by atoms with Gasteiger partial charge in [0.2, 0.25) is 0 Å². The number of ether oxygens (including phenoxy) is 1. The minimum atomic E-state index is -0.116. The molecule has 0 spiro atoms. The standard InChI is InChI=1S/C12H15NO2.C7H8/c1-3-4-9-13-12(14)10-7-5-6-8-11(10)15-2;1-7-5-3-2-4-6-7/h3,5-8H,1,4,9H2,2H3,(H,13,14);2-6H,1H3. The molecule has 0 aliphatic rings. The van der Waals surface area contributed by atoms with Gasteiger partial charge in [-0.05, 0) is 25.5 Å². The highest BCUT2D eigenvalue weighted by Gasteiger charge is 2.09. The molecule has 0 heterocycles. The lowest BCUT2D eigenvalue weighted by atomic mass is 10.2. The van der Waals surface area contributed by atoms with Crippen molar-refractivity contribution in [2.75, 3.05) is 13.7 Å². The zero-order valence-electron chi connectivity index (χ0n) is 13.2. The second kappa shape index (κ2) is 10.2. The van der Waals surface area contributed by atoms with Gasteiger partial charge >= 0.3 is 0 Å². The van der Waals surface area contributed by atoms with Crippen molar-refractivity contribution in [2.24, 2.45) is 0 Å². The quantitative estimate of drug-likeness (QED) is 0.669. The molecule has 0 fully saturated rings. The van der Waals surface area contributed by atoms with Crippen LogP contribution in [0.25, 0.3) is 0 Å². The van der Waals surface area contributed by atoms with Crippen molar-refractivity contribution in [2.45, 2.75) is 13.3 Å². The van der Waals surface area contributed by atoms with Crippen molar-refractivity contribution >= 4 is 5.91 Å². The molecule has 3 heteroatoms. The van der Waals surface area contributed by atoms with E-state index in [2.05, 4.69) is 31.0 Å². The number of carbonyl (C=O) groups excluding carboxylic acids is 1. The molecule has 2 aromatic carbocycles. The third-order valence-corrected chi connectivity index (χ3v) is 2.93. The van der Waals surface area contributed by atoms with Crippen LogP contribution in [0.5, 0.6) is 5.75 Å². The van der Waals surface area contributed by atoms with E-state index in [0.717, 1.165) is 6.42 Å². The fourth-order valence-corrected chi connectivity index (χ4v) is 1.75. The molecule has 22 heavy (non-hydrogen) atoms. The number of rotatable bonds is 5. The lowest BCUT2D eigenvalue weighted by Crippen LogP contribution is -2.24. The van der Waals surface area contributed by atoms with E-state index >= 15 is 0 Å². The van der Waals surface area contributed by atoms with E-state index in [9.17, 15) is 4.79 Å². The normalized spacial score (nSPS) is 9.18. The highest BCUT2D eigenvalue weighted by atomic mass is 16.5. The van der Waals surface area contributed by atoms with E-state index in [1.54, 1.807) is 25.3 Å². The number of hydrogen-bond donors (Lipinski definition) is 1. The Morgan fingerprint density at radius 1 is 1.14 bits per heavy atom. The first-order chi connectivity index (χ1) is 10.7. The second-order valence-electron chi connectivity index (χ2n) is 4.69. The summed E-state index contributed by atoms with van der Waals surface area (Å²) in [5, 5.41) is 2.78. The summed E-state index contributed by atoms with van der Waals surface area (Å²) in [6, 6.07) is 17.4. The highest BCUT2D eigenvalue weighted by molar-refractivity contribution is 5.96.